The van der Waals surface area contributed by atoms with Gasteiger partial charge in [0.2, 0.25) is 11.8 Å². The van der Waals surface area contributed by atoms with E-state index >= 15 is 0 Å². The number of hydrogen-bond donors (Lipinski definition) is 3. The third kappa shape index (κ3) is 8.99. The molecule has 1 aromatic heterocycles. The number of methoxy groups -OCH3 is 1. The summed E-state index contributed by atoms with van der Waals surface area (Å²) in [6, 6.07) is 17.3. The lowest BCUT2D eigenvalue weighted by Gasteiger charge is -2.29. The topological polar surface area (TPSA) is 75.3 Å². The number of ether oxygens (including phenoxy) is 1. The molecule has 0 aliphatic carbocycles. The van der Waals surface area contributed by atoms with E-state index in [2.05, 4.69) is 20.9 Å². The van der Waals surface area contributed by atoms with Gasteiger partial charge in [0, 0.05) is 30.5 Å². The SMILES string of the molecule is CC[C@@H](CNc1ccc(-c2ccccc2)cc1)NC(=O)[C@H](CC(C)C)N[C@@H](c1ccc(OC)nc1)C(F)(F)F. The molecule has 0 unspecified atom stereocenters. The molecule has 39 heavy (non-hydrogen) atoms. The fourth-order valence-corrected chi connectivity index (χ4v) is 4.24. The first-order valence-corrected chi connectivity index (χ1v) is 13.1. The summed E-state index contributed by atoms with van der Waals surface area (Å²) >= 11 is 0. The predicted molar refractivity (Wildman–Crippen MR) is 149 cm³/mol. The fourth-order valence-electron chi connectivity index (χ4n) is 4.24. The van der Waals surface area contributed by atoms with E-state index < -0.39 is 24.2 Å². The zero-order valence-electron chi connectivity index (χ0n) is 22.8. The summed E-state index contributed by atoms with van der Waals surface area (Å²) in [4.78, 5) is 17.2. The third-order valence-electron chi connectivity index (χ3n) is 6.40. The van der Waals surface area contributed by atoms with Gasteiger partial charge in [-0.05, 0) is 47.6 Å². The molecule has 1 amide bonds. The van der Waals surface area contributed by atoms with Gasteiger partial charge in [-0.1, -0.05) is 69.3 Å². The number of alkyl halides is 3. The second-order valence-electron chi connectivity index (χ2n) is 9.90. The van der Waals surface area contributed by atoms with E-state index in [1.54, 1.807) is 0 Å². The third-order valence-corrected chi connectivity index (χ3v) is 6.40. The molecule has 0 saturated carbocycles. The van der Waals surface area contributed by atoms with E-state index in [4.69, 9.17) is 4.74 Å². The van der Waals surface area contributed by atoms with Gasteiger partial charge in [-0.15, -0.1) is 0 Å². The number of anilines is 1. The van der Waals surface area contributed by atoms with Crippen molar-refractivity contribution < 1.29 is 22.7 Å². The van der Waals surface area contributed by atoms with E-state index in [0.717, 1.165) is 23.0 Å². The van der Waals surface area contributed by atoms with Crippen LogP contribution in [0.3, 0.4) is 0 Å². The lowest BCUT2D eigenvalue weighted by atomic mass is 9.99. The number of rotatable bonds is 13. The lowest BCUT2D eigenvalue weighted by molar-refractivity contribution is -0.161. The Bertz CT molecular complexity index is 1150. The van der Waals surface area contributed by atoms with Crippen LogP contribution in [0, 0.1) is 5.92 Å². The number of pyridine rings is 1. The standard InChI is InChI=1S/C30H37F3N4O2/c1-5-24(19-34-25-14-11-22(12-15-25)21-9-7-6-8-10-21)36-29(38)26(17-20(2)3)37-28(30(31,32)33)23-13-16-27(39-4)35-18-23/h6-16,18,20,24,26,28,34,37H,5,17,19H2,1-4H3,(H,36,38)/t24-,26-,28-/m0/s1. The number of halogens is 3. The van der Waals surface area contributed by atoms with E-state index in [-0.39, 0.29) is 29.8 Å². The number of carbonyl (C=O) groups excluding carboxylic acids is 1. The summed E-state index contributed by atoms with van der Waals surface area (Å²) in [5, 5.41) is 8.83. The zero-order chi connectivity index (χ0) is 28.4. The maximum atomic E-state index is 14.1. The van der Waals surface area contributed by atoms with Crippen LogP contribution in [-0.2, 0) is 4.79 Å². The molecule has 0 fully saturated rings. The summed E-state index contributed by atoms with van der Waals surface area (Å²) in [5.41, 5.74) is 3.02. The average molecular weight is 543 g/mol. The Kier molecular flexibility index (Phi) is 10.7. The number of carbonyl (C=O) groups is 1. The van der Waals surface area contributed by atoms with Gasteiger partial charge in [-0.2, -0.15) is 13.2 Å². The second kappa shape index (κ2) is 14.0. The van der Waals surface area contributed by atoms with Gasteiger partial charge < -0.3 is 15.4 Å². The van der Waals surface area contributed by atoms with E-state index in [1.807, 2.05) is 75.4 Å². The molecule has 0 saturated heterocycles. The average Bonchev–Trinajstić information content (AvgIpc) is 2.93. The van der Waals surface area contributed by atoms with Crippen molar-refractivity contribution in [2.75, 3.05) is 19.0 Å². The summed E-state index contributed by atoms with van der Waals surface area (Å²) < 4.78 is 47.1. The van der Waals surface area contributed by atoms with Crippen LogP contribution in [0.1, 0.15) is 45.2 Å². The molecular formula is C30H37F3N4O2. The van der Waals surface area contributed by atoms with Crippen molar-refractivity contribution in [1.29, 1.82) is 0 Å². The highest BCUT2D eigenvalue weighted by atomic mass is 19.4. The van der Waals surface area contributed by atoms with Gasteiger partial charge in [0.1, 0.15) is 6.04 Å². The van der Waals surface area contributed by atoms with Crippen molar-refractivity contribution in [2.45, 2.75) is 57.9 Å². The second-order valence-corrected chi connectivity index (χ2v) is 9.90. The summed E-state index contributed by atoms with van der Waals surface area (Å²) in [5.74, 6) is -0.255. The van der Waals surface area contributed by atoms with Gasteiger partial charge in [0.05, 0.1) is 13.2 Å². The first kappa shape index (κ1) is 30.0. The van der Waals surface area contributed by atoms with Gasteiger partial charge in [0.25, 0.3) is 0 Å². The zero-order valence-corrected chi connectivity index (χ0v) is 22.8. The summed E-state index contributed by atoms with van der Waals surface area (Å²) in [6.07, 6.45) is -2.65. The molecule has 0 spiro atoms. The molecule has 3 atom stereocenters. The Balaban J connectivity index is 1.66. The first-order chi connectivity index (χ1) is 18.6. The number of benzene rings is 2. The van der Waals surface area contributed by atoms with Crippen LogP contribution in [0.25, 0.3) is 11.1 Å². The monoisotopic (exact) mass is 542 g/mol. The number of amides is 1. The van der Waals surface area contributed by atoms with Crippen LogP contribution >= 0.6 is 0 Å². The van der Waals surface area contributed by atoms with Crippen molar-refractivity contribution in [3.05, 3.63) is 78.5 Å². The van der Waals surface area contributed by atoms with Crippen molar-refractivity contribution in [3.8, 4) is 17.0 Å². The Hall–Kier alpha value is -3.59. The van der Waals surface area contributed by atoms with E-state index in [0.29, 0.717) is 13.0 Å². The Labute approximate surface area is 228 Å². The number of nitrogens with zero attached hydrogens (tertiary/aromatic N) is 1. The molecule has 6 nitrogen and oxygen atoms in total. The number of hydrogen-bond acceptors (Lipinski definition) is 5. The molecule has 0 aliphatic rings. The van der Waals surface area contributed by atoms with Crippen molar-refractivity contribution in [2.24, 2.45) is 5.92 Å². The summed E-state index contributed by atoms with van der Waals surface area (Å²) in [7, 11) is 1.39. The van der Waals surface area contributed by atoms with Crippen LogP contribution in [0.2, 0.25) is 0 Å². The quantitative estimate of drug-likeness (QED) is 0.234. The van der Waals surface area contributed by atoms with Crippen molar-refractivity contribution in [3.63, 3.8) is 0 Å². The molecule has 0 bridgehead atoms. The molecule has 3 rings (SSSR count). The maximum Gasteiger partial charge on any atom is 0.407 e. The molecule has 0 radical (unpaired) electrons. The normalized spacial score (nSPS) is 13.9. The number of nitrogens with one attached hydrogen (secondary N) is 3. The first-order valence-electron chi connectivity index (χ1n) is 13.1. The molecule has 3 aromatic rings. The van der Waals surface area contributed by atoms with Gasteiger partial charge in [-0.3, -0.25) is 10.1 Å². The van der Waals surface area contributed by atoms with Crippen LogP contribution < -0.4 is 20.7 Å². The number of aromatic nitrogens is 1. The highest BCUT2D eigenvalue weighted by Crippen LogP contribution is 2.34. The van der Waals surface area contributed by atoms with Gasteiger partial charge >= 0.3 is 6.18 Å². The molecular weight excluding hydrogens is 505 g/mol. The minimum absolute atomic E-state index is 0.00235. The van der Waals surface area contributed by atoms with Crippen molar-refractivity contribution >= 4 is 11.6 Å². The molecule has 0 aliphatic heterocycles. The van der Waals surface area contributed by atoms with Crippen LogP contribution in [0.5, 0.6) is 5.88 Å². The smallest absolute Gasteiger partial charge is 0.407 e. The van der Waals surface area contributed by atoms with Crippen LogP contribution in [-0.4, -0.2) is 42.8 Å². The fraction of sp³-hybridized carbons (Fsp3) is 0.400. The minimum Gasteiger partial charge on any atom is -0.481 e. The molecule has 3 N–H and O–H groups in total. The molecule has 1 heterocycles. The highest BCUT2D eigenvalue weighted by molar-refractivity contribution is 5.82. The van der Waals surface area contributed by atoms with Crippen LogP contribution in [0.15, 0.2) is 72.9 Å². The van der Waals surface area contributed by atoms with E-state index in [1.165, 1.54) is 19.2 Å². The van der Waals surface area contributed by atoms with Gasteiger partial charge in [0.15, 0.2) is 0 Å². The van der Waals surface area contributed by atoms with Crippen LogP contribution in [0.4, 0.5) is 18.9 Å². The Morgan fingerprint density at radius 3 is 2.18 bits per heavy atom. The van der Waals surface area contributed by atoms with Crippen molar-refractivity contribution in [1.82, 2.24) is 15.6 Å². The Morgan fingerprint density at radius 2 is 1.64 bits per heavy atom. The molecule has 9 heteroatoms. The predicted octanol–water partition coefficient (Wildman–Crippen LogP) is 6.37. The lowest BCUT2D eigenvalue weighted by Crippen LogP contribution is -2.52. The molecule has 2 aromatic carbocycles. The van der Waals surface area contributed by atoms with Gasteiger partial charge in [-0.25, -0.2) is 4.98 Å². The van der Waals surface area contributed by atoms with E-state index in [9.17, 15) is 18.0 Å². The minimum atomic E-state index is -4.62. The highest BCUT2D eigenvalue weighted by Gasteiger charge is 2.43. The summed E-state index contributed by atoms with van der Waals surface area (Å²) in [6.45, 7) is 6.11. The maximum absolute atomic E-state index is 14.1. The molecule has 210 valence electrons. The largest absolute Gasteiger partial charge is 0.481 e. The Morgan fingerprint density at radius 1 is 0.974 bits per heavy atom.